The van der Waals surface area contributed by atoms with Crippen LogP contribution < -0.4 is 10.1 Å². The maximum Gasteiger partial charge on any atom is 0.246 e. The van der Waals surface area contributed by atoms with Crippen molar-refractivity contribution in [1.82, 2.24) is 20.0 Å². The lowest BCUT2D eigenvalue weighted by Crippen LogP contribution is -2.55. The molecule has 1 N–H and O–H groups in total. The lowest BCUT2D eigenvalue weighted by Gasteiger charge is -2.62. The molecule has 2 aliphatic heterocycles. The SMILES string of the molecule is C=CC(=O)N1CCOc2nn(-c3ccc(C45CC(C4)C5)cc3)c3c2C(C1)NCC3. The standard InChI is InChI=1S/C23H26N4O2/c1-2-20(28)26-9-10-29-22-21-18(14-26)24-8-7-19(21)27(25-22)17-5-3-16(4-6-17)23-11-15(12-23)13-23/h2-6,15,18,24H,1,7-14H2. The molecule has 150 valence electrons. The summed E-state index contributed by atoms with van der Waals surface area (Å²) in [4.78, 5) is 14.0. The van der Waals surface area contributed by atoms with E-state index in [2.05, 4.69) is 40.8 Å². The Morgan fingerprint density at radius 2 is 2.07 bits per heavy atom. The first-order chi connectivity index (χ1) is 14.2. The third-order valence-electron chi connectivity index (χ3n) is 7.34. The number of amides is 1. The molecule has 7 rings (SSSR count). The first-order valence-corrected chi connectivity index (χ1v) is 10.7. The van der Waals surface area contributed by atoms with Gasteiger partial charge in [0.2, 0.25) is 11.8 Å². The van der Waals surface area contributed by atoms with Gasteiger partial charge in [-0.05, 0) is 54.4 Å². The Labute approximate surface area is 170 Å². The van der Waals surface area contributed by atoms with Gasteiger partial charge in [0.1, 0.15) is 6.61 Å². The second kappa shape index (κ2) is 6.20. The van der Waals surface area contributed by atoms with E-state index in [1.165, 1.54) is 36.6 Å². The van der Waals surface area contributed by atoms with Gasteiger partial charge in [0.15, 0.2) is 0 Å². The highest BCUT2D eigenvalue weighted by Crippen LogP contribution is 2.65. The Morgan fingerprint density at radius 3 is 2.76 bits per heavy atom. The molecule has 29 heavy (non-hydrogen) atoms. The molecule has 3 heterocycles. The quantitative estimate of drug-likeness (QED) is 0.819. The topological polar surface area (TPSA) is 59.4 Å². The molecular formula is C23H26N4O2. The number of hydrogen-bond acceptors (Lipinski definition) is 4. The van der Waals surface area contributed by atoms with Gasteiger partial charge >= 0.3 is 0 Å². The fourth-order valence-electron chi connectivity index (χ4n) is 5.66. The van der Waals surface area contributed by atoms with Crippen LogP contribution in [0.4, 0.5) is 0 Å². The molecule has 2 aromatic rings. The summed E-state index contributed by atoms with van der Waals surface area (Å²) in [5.74, 6) is 1.63. The molecule has 1 atom stereocenters. The van der Waals surface area contributed by atoms with Crippen LogP contribution in [-0.4, -0.2) is 46.8 Å². The molecular weight excluding hydrogens is 364 g/mol. The summed E-state index contributed by atoms with van der Waals surface area (Å²) in [6.45, 7) is 6.09. The number of aromatic nitrogens is 2. The van der Waals surface area contributed by atoms with Gasteiger partial charge in [-0.2, -0.15) is 0 Å². The van der Waals surface area contributed by atoms with Crippen molar-refractivity contribution in [2.24, 2.45) is 5.92 Å². The third-order valence-corrected chi connectivity index (χ3v) is 7.34. The van der Waals surface area contributed by atoms with Crippen molar-refractivity contribution in [2.45, 2.75) is 37.1 Å². The summed E-state index contributed by atoms with van der Waals surface area (Å²) in [6.07, 6.45) is 6.38. The molecule has 1 aromatic carbocycles. The van der Waals surface area contributed by atoms with Crippen molar-refractivity contribution in [1.29, 1.82) is 0 Å². The number of nitrogens with zero attached hydrogens (tertiary/aromatic N) is 3. The number of benzene rings is 1. The zero-order valence-corrected chi connectivity index (χ0v) is 16.6. The van der Waals surface area contributed by atoms with Gasteiger partial charge in [0.25, 0.3) is 0 Å². The van der Waals surface area contributed by atoms with Crippen LogP contribution in [0.25, 0.3) is 5.69 Å². The summed E-state index contributed by atoms with van der Waals surface area (Å²) < 4.78 is 8.06. The van der Waals surface area contributed by atoms with Crippen LogP contribution in [0.5, 0.6) is 5.88 Å². The maximum atomic E-state index is 12.2. The summed E-state index contributed by atoms with van der Waals surface area (Å²) in [5.41, 5.74) is 5.34. The van der Waals surface area contributed by atoms with Crippen LogP contribution in [0, 0.1) is 5.92 Å². The summed E-state index contributed by atoms with van der Waals surface area (Å²) in [6, 6.07) is 9.03. The molecule has 0 saturated heterocycles. The normalized spacial score (nSPS) is 29.4. The van der Waals surface area contributed by atoms with E-state index < -0.39 is 0 Å². The maximum absolute atomic E-state index is 12.2. The second-order valence-electron chi connectivity index (χ2n) is 8.98. The minimum atomic E-state index is -0.0532. The monoisotopic (exact) mass is 390 g/mol. The largest absolute Gasteiger partial charge is 0.474 e. The van der Waals surface area contributed by atoms with E-state index >= 15 is 0 Å². The predicted octanol–water partition coefficient (Wildman–Crippen LogP) is 2.52. The van der Waals surface area contributed by atoms with Crippen LogP contribution in [0.3, 0.4) is 0 Å². The van der Waals surface area contributed by atoms with Gasteiger partial charge in [0, 0.05) is 19.5 Å². The van der Waals surface area contributed by atoms with E-state index in [9.17, 15) is 4.79 Å². The second-order valence-corrected chi connectivity index (χ2v) is 8.98. The third kappa shape index (κ3) is 2.51. The van der Waals surface area contributed by atoms with E-state index in [1.807, 2.05) is 0 Å². The van der Waals surface area contributed by atoms with Crippen LogP contribution in [0.15, 0.2) is 36.9 Å². The minimum absolute atomic E-state index is 0.0340. The molecule has 3 saturated carbocycles. The van der Waals surface area contributed by atoms with Gasteiger partial charge in [0.05, 0.1) is 29.5 Å². The van der Waals surface area contributed by atoms with E-state index in [0.29, 0.717) is 31.0 Å². The van der Waals surface area contributed by atoms with E-state index in [1.54, 1.807) is 4.90 Å². The zero-order chi connectivity index (χ0) is 19.6. The van der Waals surface area contributed by atoms with Gasteiger partial charge < -0.3 is 15.0 Å². The van der Waals surface area contributed by atoms with Gasteiger partial charge in [-0.15, -0.1) is 5.10 Å². The van der Waals surface area contributed by atoms with Crippen molar-refractivity contribution in [3.63, 3.8) is 0 Å². The molecule has 3 fully saturated rings. The molecule has 0 radical (unpaired) electrons. The molecule has 1 amide bonds. The first-order valence-electron chi connectivity index (χ1n) is 10.7. The van der Waals surface area contributed by atoms with Gasteiger partial charge in [-0.1, -0.05) is 18.7 Å². The van der Waals surface area contributed by atoms with E-state index in [-0.39, 0.29) is 11.9 Å². The van der Waals surface area contributed by atoms with Crippen molar-refractivity contribution in [3.8, 4) is 11.6 Å². The zero-order valence-electron chi connectivity index (χ0n) is 16.6. The van der Waals surface area contributed by atoms with Gasteiger partial charge in [-0.3, -0.25) is 4.79 Å². The number of nitrogens with one attached hydrogen (secondary N) is 1. The number of hydrogen-bond donors (Lipinski definition) is 1. The van der Waals surface area contributed by atoms with Crippen LogP contribution >= 0.6 is 0 Å². The molecule has 6 nitrogen and oxygen atoms in total. The van der Waals surface area contributed by atoms with Crippen molar-refractivity contribution in [2.75, 3.05) is 26.2 Å². The number of carbonyl (C=O) groups is 1. The Kier molecular flexibility index (Phi) is 3.69. The Bertz CT molecular complexity index is 976. The van der Waals surface area contributed by atoms with E-state index in [0.717, 1.165) is 30.1 Å². The predicted molar refractivity (Wildman–Crippen MR) is 109 cm³/mol. The molecule has 3 aliphatic carbocycles. The number of rotatable bonds is 3. The number of ether oxygens (including phenoxy) is 1. The first kappa shape index (κ1) is 17.3. The molecule has 5 aliphatic rings. The Hall–Kier alpha value is -2.60. The molecule has 1 aromatic heterocycles. The Morgan fingerprint density at radius 1 is 1.28 bits per heavy atom. The minimum Gasteiger partial charge on any atom is -0.474 e. The fourth-order valence-corrected chi connectivity index (χ4v) is 5.66. The summed E-state index contributed by atoms with van der Waals surface area (Å²) >= 11 is 0. The molecule has 2 bridgehead atoms. The highest BCUT2D eigenvalue weighted by molar-refractivity contribution is 5.87. The van der Waals surface area contributed by atoms with E-state index in [4.69, 9.17) is 9.84 Å². The average Bonchev–Trinajstić information content (AvgIpc) is 3.02. The summed E-state index contributed by atoms with van der Waals surface area (Å²) in [7, 11) is 0. The molecule has 6 heteroatoms. The van der Waals surface area contributed by atoms with Crippen LogP contribution in [-0.2, 0) is 16.6 Å². The van der Waals surface area contributed by atoms with Crippen molar-refractivity contribution < 1.29 is 9.53 Å². The van der Waals surface area contributed by atoms with Gasteiger partial charge in [-0.25, -0.2) is 4.68 Å². The van der Waals surface area contributed by atoms with Crippen molar-refractivity contribution >= 4 is 5.91 Å². The van der Waals surface area contributed by atoms with Crippen LogP contribution in [0.1, 0.15) is 42.1 Å². The molecule has 0 spiro atoms. The lowest BCUT2D eigenvalue weighted by molar-refractivity contribution is -0.127. The summed E-state index contributed by atoms with van der Waals surface area (Å²) in [5, 5.41) is 8.39. The molecule has 1 unspecified atom stereocenters. The smallest absolute Gasteiger partial charge is 0.246 e. The number of carbonyl (C=O) groups excluding carboxylic acids is 1. The highest BCUT2D eigenvalue weighted by Gasteiger charge is 2.57. The highest BCUT2D eigenvalue weighted by atomic mass is 16.5. The lowest BCUT2D eigenvalue weighted by atomic mass is 9.42. The average molecular weight is 390 g/mol. The van der Waals surface area contributed by atoms with Crippen LogP contribution in [0.2, 0.25) is 0 Å². The Balaban J connectivity index is 1.35. The fraction of sp³-hybridized carbons (Fsp3) is 0.478. The van der Waals surface area contributed by atoms with Crippen molar-refractivity contribution in [3.05, 3.63) is 53.7 Å².